The van der Waals surface area contributed by atoms with E-state index in [-0.39, 0.29) is 0 Å². The van der Waals surface area contributed by atoms with E-state index >= 15 is 0 Å². The Morgan fingerprint density at radius 2 is 1.76 bits per heavy atom. The van der Waals surface area contributed by atoms with Gasteiger partial charge in [-0.05, 0) is 50.1 Å². The molecule has 0 amide bonds. The molecule has 88 valence electrons. The molecule has 0 fully saturated rings. The van der Waals surface area contributed by atoms with Crippen LogP contribution in [0.5, 0.6) is 5.75 Å². The number of halogens is 3. The third-order valence-electron chi connectivity index (χ3n) is 2.07. The maximum Gasteiger partial charge on any atom is 0.161 e. The van der Waals surface area contributed by atoms with Crippen molar-refractivity contribution in [2.75, 3.05) is 7.11 Å². The Hall–Kier alpha value is -0.650. The fourth-order valence-corrected chi connectivity index (χ4v) is 2.66. The second kappa shape index (κ2) is 5.33. The monoisotopic (exact) mass is 376 g/mol. The summed E-state index contributed by atoms with van der Waals surface area (Å²) in [4.78, 5) is 8.55. The van der Waals surface area contributed by atoms with Crippen LogP contribution in [0.4, 0.5) is 0 Å². The highest BCUT2D eigenvalue weighted by Crippen LogP contribution is 2.29. The smallest absolute Gasteiger partial charge is 0.161 e. The van der Waals surface area contributed by atoms with E-state index < -0.39 is 0 Å². The van der Waals surface area contributed by atoms with Crippen molar-refractivity contribution in [1.82, 2.24) is 9.97 Å². The molecule has 0 saturated carbocycles. The summed E-state index contributed by atoms with van der Waals surface area (Å²) in [5, 5.41) is 0.532. The molecular formula is C11H7Br2ClN2O. The van der Waals surface area contributed by atoms with Gasteiger partial charge in [0, 0.05) is 11.6 Å². The van der Waals surface area contributed by atoms with Gasteiger partial charge < -0.3 is 4.74 Å². The van der Waals surface area contributed by atoms with Gasteiger partial charge in [0.2, 0.25) is 0 Å². The Morgan fingerprint density at radius 3 is 2.29 bits per heavy atom. The largest absolute Gasteiger partial charge is 0.495 e. The van der Waals surface area contributed by atoms with Crippen molar-refractivity contribution in [3.63, 3.8) is 0 Å². The first-order valence-electron chi connectivity index (χ1n) is 4.64. The number of nitrogens with zero attached hydrogens (tertiary/aromatic N) is 2. The van der Waals surface area contributed by atoms with Gasteiger partial charge in [-0.1, -0.05) is 11.6 Å². The number of methoxy groups -OCH3 is 1. The molecule has 2 aromatic rings. The molecule has 0 radical (unpaired) electrons. The van der Waals surface area contributed by atoms with Crippen LogP contribution in [0.1, 0.15) is 0 Å². The van der Waals surface area contributed by atoms with E-state index in [1.54, 1.807) is 25.3 Å². The highest BCUT2D eigenvalue weighted by atomic mass is 79.9. The average molecular weight is 378 g/mol. The quantitative estimate of drug-likeness (QED) is 0.730. The molecule has 3 nitrogen and oxygen atoms in total. The summed E-state index contributed by atoms with van der Waals surface area (Å²) in [5.74, 6) is 1.22. The van der Waals surface area contributed by atoms with E-state index in [0.717, 1.165) is 5.56 Å². The van der Waals surface area contributed by atoms with Crippen molar-refractivity contribution in [3.8, 4) is 17.1 Å². The number of ether oxygens (including phenoxy) is 1. The number of aromatic nitrogens is 2. The van der Waals surface area contributed by atoms with Crippen LogP contribution in [0.25, 0.3) is 11.4 Å². The van der Waals surface area contributed by atoms with Gasteiger partial charge in [-0.3, -0.25) is 0 Å². The van der Waals surface area contributed by atoms with Crippen LogP contribution in [0, 0.1) is 0 Å². The van der Waals surface area contributed by atoms with Crippen LogP contribution < -0.4 is 4.74 Å². The van der Waals surface area contributed by atoms with Crippen molar-refractivity contribution in [2.24, 2.45) is 0 Å². The Bertz CT molecular complexity index is 543. The predicted octanol–water partition coefficient (Wildman–Crippen LogP) is 4.33. The zero-order chi connectivity index (χ0) is 12.4. The Balaban J connectivity index is 2.49. The van der Waals surface area contributed by atoms with E-state index in [0.29, 0.717) is 25.8 Å². The molecule has 0 saturated heterocycles. The standard InChI is InChI=1S/C11H7Br2ClN2O/c1-17-8-3-2-6(4-7(8)14)11-15-9(12)5-10(13)16-11/h2-5H,1H3. The van der Waals surface area contributed by atoms with Crippen LogP contribution in [0.3, 0.4) is 0 Å². The third-order valence-corrected chi connectivity index (χ3v) is 3.18. The summed E-state index contributed by atoms with van der Waals surface area (Å²) in [7, 11) is 1.58. The number of rotatable bonds is 2. The molecule has 0 unspecified atom stereocenters. The lowest BCUT2D eigenvalue weighted by Gasteiger charge is -2.05. The van der Waals surface area contributed by atoms with Gasteiger partial charge in [0.15, 0.2) is 5.82 Å². The van der Waals surface area contributed by atoms with Crippen molar-refractivity contribution in [3.05, 3.63) is 38.5 Å². The molecule has 0 bridgehead atoms. The minimum Gasteiger partial charge on any atom is -0.495 e. The SMILES string of the molecule is COc1ccc(-c2nc(Br)cc(Br)n2)cc1Cl. The summed E-state index contributed by atoms with van der Waals surface area (Å²) >= 11 is 12.7. The van der Waals surface area contributed by atoms with E-state index in [4.69, 9.17) is 16.3 Å². The summed E-state index contributed by atoms with van der Waals surface area (Å²) in [6.07, 6.45) is 0. The van der Waals surface area contributed by atoms with Gasteiger partial charge in [0.1, 0.15) is 15.0 Å². The molecule has 0 aliphatic rings. The molecule has 2 rings (SSSR count). The Morgan fingerprint density at radius 1 is 1.12 bits per heavy atom. The molecule has 17 heavy (non-hydrogen) atoms. The van der Waals surface area contributed by atoms with E-state index in [9.17, 15) is 0 Å². The lowest BCUT2D eigenvalue weighted by molar-refractivity contribution is 0.415. The molecule has 0 aliphatic heterocycles. The lowest BCUT2D eigenvalue weighted by Crippen LogP contribution is -1.91. The second-order valence-electron chi connectivity index (χ2n) is 3.19. The minimum absolute atomic E-state index is 0.532. The van der Waals surface area contributed by atoms with Crippen molar-refractivity contribution in [2.45, 2.75) is 0 Å². The molecule has 6 heteroatoms. The van der Waals surface area contributed by atoms with Crippen LogP contribution >= 0.6 is 43.5 Å². The topological polar surface area (TPSA) is 35.0 Å². The third kappa shape index (κ3) is 2.97. The molecule has 0 spiro atoms. The number of hydrogen-bond donors (Lipinski definition) is 0. The summed E-state index contributed by atoms with van der Waals surface area (Å²) in [5.41, 5.74) is 0.831. The van der Waals surface area contributed by atoms with Crippen LogP contribution in [0.2, 0.25) is 5.02 Å². The lowest BCUT2D eigenvalue weighted by atomic mass is 10.2. The Labute approximate surface area is 120 Å². The molecule has 1 aromatic heterocycles. The summed E-state index contributed by atoms with van der Waals surface area (Å²) < 4.78 is 6.51. The molecule has 1 aromatic carbocycles. The minimum atomic E-state index is 0.532. The molecule has 0 atom stereocenters. The molecular weight excluding hydrogens is 371 g/mol. The van der Waals surface area contributed by atoms with Gasteiger partial charge in [0.05, 0.1) is 12.1 Å². The first-order chi connectivity index (χ1) is 8.10. The molecule has 1 heterocycles. The zero-order valence-electron chi connectivity index (χ0n) is 8.75. The molecule has 0 aliphatic carbocycles. The highest BCUT2D eigenvalue weighted by Gasteiger charge is 2.07. The number of hydrogen-bond acceptors (Lipinski definition) is 3. The van der Waals surface area contributed by atoms with Crippen molar-refractivity contribution in [1.29, 1.82) is 0 Å². The predicted molar refractivity (Wildman–Crippen MR) is 74.4 cm³/mol. The van der Waals surface area contributed by atoms with E-state index in [2.05, 4.69) is 41.8 Å². The van der Waals surface area contributed by atoms with Crippen LogP contribution in [-0.2, 0) is 0 Å². The second-order valence-corrected chi connectivity index (χ2v) is 5.22. The maximum absolute atomic E-state index is 6.06. The van der Waals surface area contributed by atoms with Crippen molar-refractivity contribution < 1.29 is 4.74 Å². The Kier molecular flexibility index (Phi) is 4.01. The molecule has 0 N–H and O–H groups in total. The van der Waals surface area contributed by atoms with Crippen molar-refractivity contribution >= 4 is 43.5 Å². The summed E-state index contributed by atoms with van der Waals surface area (Å²) in [6.45, 7) is 0. The van der Waals surface area contributed by atoms with Gasteiger partial charge in [-0.2, -0.15) is 0 Å². The average Bonchev–Trinajstić information content (AvgIpc) is 2.27. The van der Waals surface area contributed by atoms with Gasteiger partial charge in [0.25, 0.3) is 0 Å². The maximum atomic E-state index is 6.06. The summed E-state index contributed by atoms with van der Waals surface area (Å²) in [6, 6.07) is 7.19. The zero-order valence-corrected chi connectivity index (χ0v) is 12.7. The van der Waals surface area contributed by atoms with Gasteiger partial charge in [-0.25, -0.2) is 9.97 Å². The number of benzene rings is 1. The van der Waals surface area contributed by atoms with E-state index in [1.807, 2.05) is 6.07 Å². The van der Waals surface area contributed by atoms with Gasteiger partial charge in [-0.15, -0.1) is 0 Å². The fourth-order valence-electron chi connectivity index (χ4n) is 1.32. The van der Waals surface area contributed by atoms with Gasteiger partial charge >= 0.3 is 0 Å². The first kappa shape index (κ1) is 12.8. The van der Waals surface area contributed by atoms with Crippen LogP contribution in [0.15, 0.2) is 33.5 Å². The van der Waals surface area contributed by atoms with E-state index in [1.165, 1.54) is 0 Å². The highest BCUT2D eigenvalue weighted by molar-refractivity contribution is 9.11. The first-order valence-corrected chi connectivity index (χ1v) is 6.60. The fraction of sp³-hybridized carbons (Fsp3) is 0.0909. The normalized spacial score (nSPS) is 10.4. The van der Waals surface area contributed by atoms with Crippen LogP contribution in [-0.4, -0.2) is 17.1 Å².